The van der Waals surface area contributed by atoms with Gasteiger partial charge in [0.25, 0.3) is 0 Å². The Hall–Kier alpha value is -1.79. The van der Waals surface area contributed by atoms with Crippen LogP contribution in [-0.2, 0) is 0 Å². The van der Waals surface area contributed by atoms with Crippen molar-refractivity contribution in [1.29, 1.82) is 0 Å². The fraction of sp³-hybridized carbons (Fsp3) is 0.182. The van der Waals surface area contributed by atoms with Gasteiger partial charge in [-0.15, -0.1) is 0 Å². The summed E-state index contributed by atoms with van der Waals surface area (Å²) in [6, 6.07) is 3.93. The van der Waals surface area contributed by atoms with Gasteiger partial charge in [-0.1, -0.05) is 11.8 Å². The molecule has 0 aliphatic carbocycles. The third kappa shape index (κ3) is 1.76. The number of H-pyrrole nitrogens is 1. The summed E-state index contributed by atoms with van der Waals surface area (Å²) in [5, 5.41) is 0. The fourth-order valence-electron chi connectivity index (χ4n) is 1.24. The summed E-state index contributed by atoms with van der Waals surface area (Å²) < 4.78 is 0. The van der Waals surface area contributed by atoms with E-state index in [1.165, 1.54) is 0 Å². The van der Waals surface area contributed by atoms with Crippen LogP contribution < -0.4 is 5.73 Å². The average molecular weight is 185 g/mol. The normalized spacial score (nSPS) is 9.79. The minimum absolute atomic E-state index is 0.602. The SMILES string of the molecule is NCCC#Cc1cnc2cc[nH]c2c1. The second-order valence-corrected chi connectivity index (χ2v) is 2.97. The molecule has 3 N–H and O–H groups in total. The maximum Gasteiger partial charge on any atom is 0.0879 e. The van der Waals surface area contributed by atoms with Crippen molar-refractivity contribution in [2.24, 2.45) is 5.73 Å². The van der Waals surface area contributed by atoms with E-state index in [0.29, 0.717) is 6.54 Å². The number of hydrogen-bond donors (Lipinski definition) is 2. The minimum atomic E-state index is 0.602. The van der Waals surface area contributed by atoms with Gasteiger partial charge < -0.3 is 10.7 Å². The summed E-state index contributed by atoms with van der Waals surface area (Å²) in [6.07, 6.45) is 4.37. The molecule has 3 nitrogen and oxygen atoms in total. The molecule has 14 heavy (non-hydrogen) atoms. The summed E-state index contributed by atoms with van der Waals surface area (Å²) >= 11 is 0. The summed E-state index contributed by atoms with van der Waals surface area (Å²) in [5.74, 6) is 5.99. The number of rotatable bonds is 1. The van der Waals surface area contributed by atoms with Crippen LogP contribution in [0.15, 0.2) is 24.5 Å². The first-order valence-corrected chi connectivity index (χ1v) is 4.52. The van der Waals surface area contributed by atoms with E-state index in [4.69, 9.17) is 5.73 Å². The zero-order valence-corrected chi connectivity index (χ0v) is 7.75. The summed E-state index contributed by atoms with van der Waals surface area (Å²) in [7, 11) is 0. The molecule has 0 radical (unpaired) electrons. The first-order chi connectivity index (χ1) is 6.90. The second kappa shape index (κ2) is 3.95. The van der Waals surface area contributed by atoms with Crippen LogP contribution in [0.5, 0.6) is 0 Å². The average Bonchev–Trinajstić information content (AvgIpc) is 2.65. The van der Waals surface area contributed by atoms with Gasteiger partial charge in [0, 0.05) is 30.9 Å². The van der Waals surface area contributed by atoms with Gasteiger partial charge in [-0.3, -0.25) is 4.98 Å². The van der Waals surface area contributed by atoms with Gasteiger partial charge in [0.05, 0.1) is 11.0 Å². The van der Waals surface area contributed by atoms with Crippen LogP contribution in [0.2, 0.25) is 0 Å². The van der Waals surface area contributed by atoms with Crippen LogP contribution in [0, 0.1) is 11.8 Å². The number of aromatic amines is 1. The largest absolute Gasteiger partial charge is 0.360 e. The lowest BCUT2D eigenvalue weighted by Crippen LogP contribution is -1.95. The number of nitrogens with one attached hydrogen (secondary N) is 1. The number of hydrogen-bond acceptors (Lipinski definition) is 2. The predicted molar refractivity (Wildman–Crippen MR) is 56.6 cm³/mol. The van der Waals surface area contributed by atoms with E-state index in [-0.39, 0.29) is 0 Å². The Morgan fingerprint density at radius 1 is 1.50 bits per heavy atom. The van der Waals surface area contributed by atoms with Gasteiger partial charge in [-0.2, -0.15) is 0 Å². The molecule has 0 aliphatic rings. The minimum Gasteiger partial charge on any atom is -0.360 e. The molecule has 0 saturated carbocycles. The standard InChI is InChI=1S/C11H11N3/c12-5-2-1-3-9-7-11-10(14-8-9)4-6-13-11/h4,6-8,13H,2,5,12H2. The highest BCUT2D eigenvalue weighted by atomic mass is 14.7. The number of pyridine rings is 1. The molecule has 0 amide bonds. The molecular weight excluding hydrogens is 174 g/mol. The van der Waals surface area contributed by atoms with Crippen LogP contribution in [0.25, 0.3) is 11.0 Å². The first kappa shape index (κ1) is 8.79. The third-order valence-corrected chi connectivity index (χ3v) is 1.90. The highest BCUT2D eigenvalue weighted by molar-refractivity contribution is 5.75. The zero-order valence-electron chi connectivity index (χ0n) is 7.75. The number of aromatic nitrogens is 2. The first-order valence-electron chi connectivity index (χ1n) is 4.52. The summed E-state index contributed by atoms with van der Waals surface area (Å²) in [6.45, 7) is 0.602. The van der Waals surface area contributed by atoms with E-state index < -0.39 is 0 Å². The van der Waals surface area contributed by atoms with Crippen LogP contribution in [0.3, 0.4) is 0 Å². The maximum atomic E-state index is 5.34. The van der Waals surface area contributed by atoms with Crippen molar-refractivity contribution in [2.45, 2.75) is 6.42 Å². The van der Waals surface area contributed by atoms with Gasteiger partial charge >= 0.3 is 0 Å². The lowest BCUT2D eigenvalue weighted by atomic mass is 10.2. The predicted octanol–water partition coefficient (Wildman–Crippen LogP) is 1.26. The van der Waals surface area contributed by atoms with Crippen LogP contribution in [0.1, 0.15) is 12.0 Å². The fourth-order valence-corrected chi connectivity index (χ4v) is 1.24. The molecule has 0 atom stereocenters. The summed E-state index contributed by atoms with van der Waals surface area (Å²) in [4.78, 5) is 7.35. The van der Waals surface area contributed by atoms with Crippen molar-refractivity contribution in [3.63, 3.8) is 0 Å². The molecule has 3 heteroatoms. The molecule has 0 spiro atoms. The van der Waals surface area contributed by atoms with E-state index in [9.17, 15) is 0 Å². The van der Waals surface area contributed by atoms with Crippen molar-refractivity contribution in [3.05, 3.63) is 30.1 Å². The quantitative estimate of drug-likeness (QED) is 0.657. The highest BCUT2D eigenvalue weighted by Crippen LogP contribution is 2.09. The Balaban J connectivity index is 2.31. The van der Waals surface area contributed by atoms with Crippen LogP contribution in [0.4, 0.5) is 0 Å². The molecular formula is C11H11N3. The van der Waals surface area contributed by atoms with E-state index in [2.05, 4.69) is 21.8 Å². The Kier molecular flexibility index (Phi) is 2.48. The Morgan fingerprint density at radius 3 is 3.29 bits per heavy atom. The smallest absolute Gasteiger partial charge is 0.0879 e. The molecule has 2 heterocycles. The number of nitrogens with zero attached hydrogens (tertiary/aromatic N) is 1. The number of nitrogens with two attached hydrogens (primary N) is 1. The Labute approximate surface area is 82.3 Å². The number of fused-ring (bicyclic) bond motifs is 1. The Bertz CT molecular complexity index is 488. The van der Waals surface area contributed by atoms with Crippen LogP contribution >= 0.6 is 0 Å². The third-order valence-electron chi connectivity index (χ3n) is 1.90. The van der Waals surface area contributed by atoms with Gasteiger partial charge in [0.15, 0.2) is 0 Å². The summed E-state index contributed by atoms with van der Waals surface area (Å²) in [5.41, 5.74) is 8.25. The Morgan fingerprint density at radius 2 is 2.43 bits per heavy atom. The molecule has 2 aromatic heterocycles. The van der Waals surface area contributed by atoms with Gasteiger partial charge in [0.2, 0.25) is 0 Å². The second-order valence-electron chi connectivity index (χ2n) is 2.97. The maximum absolute atomic E-state index is 5.34. The molecule has 0 fully saturated rings. The van der Waals surface area contributed by atoms with Gasteiger partial charge in [-0.05, 0) is 12.1 Å². The lowest BCUT2D eigenvalue weighted by Gasteiger charge is -1.90. The van der Waals surface area contributed by atoms with E-state index in [1.54, 1.807) is 6.20 Å². The van der Waals surface area contributed by atoms with E-state index in [0.717, 1.165) is 23.0 Å². The van der Waals surface area contributed by atoms with Crippen molar-refractivity contribution in [3.8, 4) is 11.8 Å². The molecule has 0 saturated heterocycles. The van der Waals surface area contributed by atoms with E-state index in [1.807, 2.05) is 18.3 Å². The van der Waals surface area contributed by atoms with Gasteiger partial charge in [-0.25, -0.2) is 0 Å². The zero-order chi connectivity index (χ0) is 9.80. The van der Waals surface area contributed by atoms with Crippen molar-refractivity contribution < 1.29 is 0 Å². The molecule has 2 aromatic rings. The van der Waals surface area contributed by atoms with Crippen molar-refractivity contribution >= 4 is 11.0 Å². The van der Waals surface area contributed by atoms with Crippen molar-refractivity contribution in [2.75, 3.05) is 6.54 Å². The monoisotopic (exact) mass is 185 g/mol. The topological polar surface area (TPSA) is 54.7 Å². The highest BCUT2D eigenvalue weighted by Gasteiger charge is 1.94. The van der Waals surface area contributed by atoms with Crippen molar-refractivity contribution in [1.82, 2.24) is 9.97 Å². The van der Waals surface area contributed by atoms with Crippen LogP contribution in [-0.4, -0.2) is 16.5 Å². The van der Waals surface area contributed by atoms with E-state index >= 15 is 0 Å². The molecule has 2 rings (SSSR count). The molecule has 0 aromatic carbocycles. The molecule has 70 valence electrons. The molecule has 0 unspecified atom stereocenters. The molecule has 0 aliphatic heterocycles. The molecule has 0 bridgehead atoms. The lowest BCUT2D eigenvalue weighted by molar-refractivity contribution is 1.03. The van der Waals surface area contributed by atoms with Gasteiger partial charge in [0.1, 0.15) is 0 Å².